The minimum Gasteiger partial charge on any atom is -0.480 e. The van der Waals surface area contributed by atoms with Gasteiger partial charge in [-0.15, -0.1) is 0 Å². The van der Waals surface area contributed by atoms with Gasteiger partial charge in [0.1, 0.15) is 6.04 Å². The molecule has 30 heavy (non-hydrogen) atoms. The fraction of sp³-hybridized carbons (Fsp3) is 0.150. The number of benzene rings is 2. The summed E-state index contributed by atoms with van der Waals surface area (Å²) in [6.45, 7) is 0.000762. The summed E-state index contributed by atoms with van der Waals surface area (Å²) in [6, 6.07) is 8.87. The van der Waals surface area contributed by atoms with Crippen LogP contribution in [0.4, 0.5) is 17.1 Å². The van der Waals surface area contributed by atoms with Crippen LogP contribution < -0.4 is 21.7 Å². The molecule has 8 nitrogen and oxygen atoms in total. The fourth-order valence-electron chi connectivity index (χ4n) is 3.05. The normalized spacial score (nSPS) is 16.3. The van der Waals surface area contributed by atoms with Crippen LogP contribution in [0.15, 0.2) is 42.5 Å². The van der Waals surface area contributed by atoms with E-state index in [1.807, 2.05) is 0 Å². The molecule has 6 N–H and O–H groups in total. The quantitative estimate of drug-likeness (QED) is 0.430. The van der Waals surface area contributed by atoms with Gasteiger partial charge in [-0.3, -0.25) is 9.59 Å². The Morgan fingerprint density at radius 2 is 1.83 bits per heavy atom. The minimum absolute atomic E-state index is 0.000762. The highest BCUT2D eigenvalue weighted by Crippen LogP contribution is 2.40. The lowest BCUT2D eigenvalue weighted by Crippen LogP contribution is -2.33. The SMILES string of the molecule is NC(=O)CNc1ccc(NC(=O)/C=C2\CC(C(=O)O)Nc3cc(Cl)cc(Cl)c32)cc1. The Morgan fingerprint density at radius 3 is 2.47 bits per heavy atom. The second-order valence-corrected chi connectivity index (χ2v) is 7.45. The summed E-state index contributed by atoms with van der Waals surface area (Å²) in [5.74, 6) is -1.98. The van der Waals surface area contributed by atoms with E-state index in [0.717, 1.165) is 0 Å². The van der Waals surface area contributed by atoms with Crippen molar-refractivity contribution in [3.63, 3.8) is 0 Å². The van der Waals surface area contributed by atoms with E-state index in [4.69, 9.17) is 28.9 Å². The Kier molecular flexibility index (Phi) is 6.49. The second kappa shape index (κ2) is 9.06. The molecular formula is C20H18Cl2N4O4. The number of carbonyl (C=O) groups excluding carboxylic acids is 2. The molecule has 1 heterocycles. The van der Waals surface area contributed by atoms with E-state index in [2.05, 4.69) is 16.0 Å². The first-order valence-corrected chi connectivity index (χ1v) is 9.61. The molecule has 0 saturated heterocycles. The number of nitrogens with two attached hydrogens (primary N) is 1. The van der Waals surface area contributed by atoms with Gasteiger partial charge >= 0.3 is 5.97 Å². The van der Waals surface area contributed by atoms with E-state index in [1.165, 1.54) is 12.1 Å². The third-order valence-electron chi connectivity index (χ3n) is 4.35. The number of halogens is 2. The van der Waals surface area contributed by atoms with E-state index in [-0.39, 0.29) is 13.0 Å². The maximum Gasteiger partial charge on any atom is 0.326 e. The summed E-state index contributed by atoms with van der Waals surface area (Å²) in [5.41, 5.74) is 7.75. The molecule has 0 aromatic heterocycles. The van der Waals surface area contributed by atoms with E-state index >= 15 is 0 Å². The number of hydrogen-bond donors (Lipinski definition) is 5. The Labute approximate surface area is 182 Å². The predicted octanol–water partition coefficient (Wildman–Crippen LogP) is 3.18. The van der Waals surface area contributed by atoms with Crippen molar-refractivity contribution in [3.05, 3.63) is 58.1 Å². The third-order valence-corrected chi connectivity index (χ3v) is 4.87. The number of carboxylic acids is 1. The van der Waals surface area contributed by atoms with Gasteiger partial charge in [0.25, 0.3) is 0 Å². The van der Waals surface area contributed by atoms with E-state index in [0.29, 0.717) is 38.2 Å². The van der Waals surface area contributed by atoms with Crippen molar-refractivity contribution in [3.8, 4) is 0 Å². The average molecular weight is 449 g/mol. The van der Waals surface area contributed by atoms with Crippen molar-refractivity contribution in [2.75, 3.05) is 22.5 Å². The van der Waals surface area contributed by atoms with Crippen molar-refractivity contribution < 1.29 is 19.5 Å². The lowest BCUT2D eigenvalue weighted by atomic mass is 9.92. The first kappa shape index (κ1) is 21.5. The van der Waals surface area contributed by atoms with Gasteiger partial charge < -0.3 is 26.8 Å². The van der Waals surface area contributed by atoms with E-state index in [1.54, 1.807) is 30.3 Å². The molecule has 0 saturated carbocycles. The molecule has 2 aromatic carbocycles. The number of rotatable bonds is 6. The zero-order valence-corrected chi connectivity index (χ0v) is 17.1. The first-order chi connectivity index (χ1) is 14.2. The lowest BCUT2D eigenvalue weighted by Gasteiger charge is -2.27. The van der Waals surface area contributed by atoms with Crippen molar-refractivity contribution in [2.45, 2.75) is 12.5 Å². The largest absolute Gasteiger partial charge is 0.480 e. The van der Waals surface area contributed by atoms with Crippen LogP contribution in [0.5, 0.6) is 0 Å². The number of primary amides is 1. The van der Waals surface area contributed by atoms with Crippen molar-refractivity contribution in [1.29, 1.82) is 0 Å². The lowest BCUT2D eigenvalue weighted by molar-refractivity contribution is -0.137. The molecule has 1 aliphatic heterocycles. The molecule has 0 radical (unpaired) electrons. The molecule has 2 amide bonds. The number of aliphatic carboxylic acids is 1. The summed E-state index contributed by atoms with van der Waals surface area (Å²) in [5, 5.41) is 18.5. The van der Waals surface area contributed by atoms with Crippen LogP contribution in [0.1, 0.15) is 12.0 Å². The number of carbonyl (C=O) groups is 3. The zero-order valence-electron chi connectivity index (χ0n) is 15.5. The summed E-state index contributed by atoms with van der Waals surface area (Å²) in [7, 11) is 0. The third kappa shape index (κ3) is 5.22. The van der Waals surface area contributed by atoms with Crippen LogP contribution in [-0.4, -0.2) is 35.5 Å². The standard InChI is InChI=1S/C20H18Cl2N4O4/c21-11-7-14(22)19-10(5-16(20(29)30)26-15(19)8-11)6-18(28)25-13-3-1-12(2-4-13)24-9-17(23)27/h1-4,6-8,16,24,26H,5,9H2,(H2,23,27)(H,25,28)(H,29,30)/b10-6+. The Balaban J connectivity index is 1.80. The number of carboxylic acid groups (broad SMARTS) is 1. The van der Waals surface area contributed by atoms with Crippen LogP contribution >= 0.6 is 23.2 Å². The second-order valence-electron chi connectivity index (χ2n) is 6.61. The Bertz CT molecular complexity index is 1040. The van der Waals surface area contributed by atoms with Gasteiger partial charge in [-0.05, 0) is 42.0 Å². The van der Waals surface area contributed by atoms with Gasteiger partial charge in [0.05, 0.1) is 11.6 Å². The van der Waals surface area contributed by atoms with Crippen molar-refractivity contribution in [2.24, 2.45) is 5.73 Å². The highest BCUT2D eigenvalue weighted by Gasteiger charge is 2.29. The monoisotopic (exact) mass is 448 g/mol. The summed E-state index contributed by atoms with van der Waals surface area (Å²) >= 11 is 12.3. The minimum atomic E-state index is -1.05. The number of fused-ring (bicyclic) bond motifs is 1. The smallest absolute Gasteiger partial charge is 0.326 e. The van der Waals surface area contributed by atoms with Gasteiger partial charge in [-0.25, -0.2) is 4.79 Å². The fourth-order valence-corrected chi connectivity index (χ4v) is 3.67. The molecule has 0 fully saturated rings. The molecule has 0 aliphatic carbocycles. The van der Waals surface area contributed by atoms with Crippen LogP contribution in [0.25, 0.3) is 5.57 Å². The van der Waals surface area contributed by atoms with Gasteiger partial charge in [0.2, 0.25) is 11.8 Å². The molecule has 156 valence electrons. The summed E-state index contributed by atoms with van der Waals surface area (Å²) in [4.78, 5) is 34.8. The molecule has 2 aromatic rings. The molecule has 1 aliphatic rings. The molecule has 0 bridgehead atoms. The predicted molar refractivity (Wildman–Crippen MR) is 117 cm³/mol. The van der Waals surface area contributed by atoms with Crippen LogP contribution in [0, 0.1) is 0 Å². The molecule has 10 heteroatoms. The molecule has 1 atom stereocenters. The van der Waals surface area contributed by atoms with E-state index in [9.17, 15) is 19.5 Å². The maximum absolute atomic E-state index is 12.5. The van der Waals surface area contributed by atoms with E-state index < -0.39 is 23.8 Å². The summed E-state index contributed by atoms with van der Waals surface area (Å²) < 4.78 is 0. The van der Waals surface area contributed by atoms with Crippen LogP contribution in [-0.2, 0) is 14.4 Å². The van der Waals surface area contributed by atoms with Crippen molar-refractivity contribution >= 4 is 63.6 Å². The van der Waals surface area contributed by atoms with Gasteiger partial charge in [-0.2, -0.15) is 0 Å². The van der Waals surface area contributed by atoms with Gasteiger partial charge in [-0.1, -0.05) is 23.2 Å². The zero-order chi connectivity index (χ0) is 21.8. The summed E-state index contributed by atoms with van der Waals surface area (Å²) in [6.07, 6.45) is 1.40. The van der Waals surface area contributed by atoms with Gasteiger partial charge in [0, 0.05) is 40.1 Å². The molecular weight excluding hydrogens is 431 g/mol. The average Bonchev–Trinajstić information content (AvgIpc) is 2.66. The van der Waals surface area contributed by atoms with Crippen LogP contribution in [0.2, 0.25) is 10.0 Å². The first-order valence-electron chi connectivity index (χ1n) is 8.85. The Morgan fingerprint density at radius 1 is 1.17 bits per heavy atom. The number of amides is 2. The van der Waals surface area contributed by atoms with Crippen molar-refractivity contribution in [1.82, 2.24) is 0 Å². The highest BCUT2D eigenvalue weighted by atomic mass is 35.5. The molecule has 3 rings (SSSR count). The number of nitrogens with one attached hydrogen (secondary N) is 3. The molecule has 1 unspecified atom stereocenters. The Hall–Kier alpha value is -3.23. The number of anilines is 3. The van der Waals surface area contributed by atoms with Crippen LogP contribution in [0.3, 0.4) is 0 Å². The molecule has 0 spiro atoms. The van der Waals surface area contributed by atoms with Gasteiger partial charge in [0.15, 0.2) is 0 Å². The topological polar surface area (TPSA) is 134 Å². The maximum atomic E-state index is 12.5. The highest BCUT2D eigenvalue weighted by molar-refractivity contribution is 6.36. The number of hydrogen-bond acceptors (Lipinski definition) is 5.